The van der Waals surface area contributed by atoms with Gasteiger partial charge in [0.15, 0.2) is 0 Å². The Labute approximate surface area is 187 Å². The number of hydrogen-bond donors (Lipinski definition) is 0. The molecule has 4 rings (SSSR count). The number of piperidine rings is 1. The third kappa shape index (κ3) is 4.59. The van der Waals surface area contributed by atoms with Crippen molar-refractivity contribution in [2.45, 2.75) is 110 Å². The van der Waals surface area contributed by atoms with E-state index in [0.29, 0.717) is 11.8 Å². The number of fused-ring (bicyclic) bond motifs is 2. The fourth-order valence-corrected chi connectivity index (χ4v) is 6.59. The maximum atomic E-state index is 13.0. The number of likely N-dealkylation sites (tertiary alicyclic amines) is 1. The fourth-order valence-electron chi connectivity index (χ4n) is 6.59. The van der Waals surface area contributed by atoms with E-state index in [2.05, 4.69) is 18.8 Å². The topological polar surface area (TPSA) is 55.8 Å². The Hall–Kier alpha value is -1.70. The summed E-state index contributed by atoms with van der Waals surface area (Å²) < 4.78 is 11.4. The van der Waals surface area contributed by atoms with Gasteiger partial charge in [0, 0.05) is 17.9 Å². The van der Waals surface area contributed by atoms with Crippen LogP contribution in [-0.4, -0.2) is 40.8 Å². The fraction of sp³-hybridized carbons (Fsp3) is 0.846. The summed E-state index contributed by atoms with van der Waals surface area (Å²) in [6, 6.07) is 0.00842. The molecule has 2 saturated heterocycles. The van der Waals surface area contributed by atoms with Crippen LogP contribution < -0.4 is 0 Å². The molecule has 0 aromatic heterocycles. The molecule has 0 unspecified atom stereocenters. The van der Waals surface area contributed by atoms with Crippen LogP contribution in [0.15, 0.2) is 0 Å². The van der Waals surface area contributed by atoms with Crippen molar-refractivity contribution in [3.05, 3.63) is 0 Å². The average molecular weight is 430 g/mol. The van der Waals surface area contributed by atoms with Gasteiger partial charge in [-0.3, -0.25) is 9.69 Å². The summed E-state index contributed by atoms with van der Waals surface area (Å²) in [5, 5.41) is 0. The van der Waals surface area contributed by atoms with E-state index in [0.717, 1.165) is 25.7 Å². The van der Waals surface area contributed by atoms with Gasteiger partial charge < -0.3 is 9.47 Å². The van der Waals surface area contributed by atoms with Crippen molar-refractivity contribution in [1.82, 2.24) is 4.90 Å². The maximum Gasteiger partial charge on any atom is 0.411 e. The summed E-state index contributed by atoms with van der Waals surface area (Å²) in [5.74, 6) is 8.67. The van der Waals surface area contributed by atoms with E-state index in [1.54, 1.807) is 0 Å². The van der Waals surface area contributed by atoms with Gasteiger partial charge in [-0.2, -0.15) is 0 Å². The summed E-state index contributed by atoms with van der Waals surface area (Å²) in [6.45, 7) is 9.85. The Morgan fingerprint density at radius 3 is 2.55 bits per heavy atom. The van der Waals surface area contributed by atoms with Crippen LogP contribution in [0.1, 0.15) is 86.0 Å². The molecule has 0 radical (unpaired) electrons. The van der Waals surface area contributed by atoms with Crippen molar-refractivity contribution in [2.24, 2.45) is 29.6 Å². The van der Waals surface area contributed by atoms with Crippen molar-refractivity contribution in [3.63, 3.8) is 0 Å². The lowest BCUT2D eigenvalue weighted by molar-refractivity contribution is -0.144. The van der Waals surface area contributed by atoms with E-state index >= 15 is 0 Å². The van der Waals surface area contributed by atoms with Gasteiger partial charge in [-0.15, -0.1) is 0 Å². The third-order valence-corrected chi connectivity index (χ3v) is 7.94. The van der Waals surface area contributed by atoms with Gasteiger partial charge in [-0.25, -0.2) is 4.79 Å². The molecule has 4 fully saturated rings. The Morgan fingerprint density at radius 2 is 1.81 bits per heavy atom. The van der Waals surface area contributed by atoms with E-state index in [1.807, 2.05) is 32.6 Å². The number of rotatable bonds is 0. The monoisotopic (exact) mass is 429 g/mol. The summed E-state index contributed by atoms with van der Waals surface area (Å²) in [7, 11) is 0. The standard InChI is InChI=1S/C26H39NO4/c1-16-9-8-11-19(27(16)25(29)31-26(3,4)5)13-14-21-20-12-7-6-10-18(20)15-22-23(21)17(2)30-24(22)28/h16-23H,6-12,15H2,1-5H3/t16-,17-,18+,19+,20+,21-,22-,23+/m0/s1. The minimum absolute atomic E-state index is 0.000823. The van der Waals surface area contributed by atoms with Crippen LogP contribution in [0.25, 0.3) is 0 Å². The Kier molecular flexibility index (Phi) is 6.30. The number of nitrogens with zero attached hydrogens (tertiary/aromatic N) is 1. The van der Waals surface area contributed by atoms with E-state index in [9.17, 15) is 9.59 Å². The molecular formula is C26H39NO4. The summed E-state index contributed by atoms with van der Waals surface area (Å²) in [6.07, 6.45) is 8.51. The molecule has 8 atom stereocenters. The SMILES string of the molecule is C[C@@H]1OC(=O)[C@H]2C[C@H]3CCCC[C@H]3[C@H](C#C[C@H]3CCC[C@H](C)N3C(=O)OC(C)(C)C)[C@@H]12. The molecule has 2 saturated carbocycles. The minimum Gasteiger partial charge on any atom is -0.462 e. The Bertz CT molecular complexity index is 760. The molecule has 0 spiro atoms. The number of hydrogen-bond acceptors (Lipinski definition) is 4. The molecule has 31 heavy (non-hydrogen) atoms. The van der Waals surface area contributed by atoms with Crippen molar-refractivity contribution in [1.29, 1.82) is 0 Å². The lowest BCUT2D eigenvalue weighted by atomic mass is 9.57. The number of esters is 1. The Balaban J connectivity index is 1.60. The third-order valence-electron chi connectivity index (χ3n) is 7.94. The molecule has 2 heterocycles. The lowest BCUT2D eigenvalue weighted by Crippen LogP contribution is -2.50. The molecule has 2 aliphatic heterocycles. The molecule has 4 aliphatic rings. The molecule has 5 heteroatoms. The zero-order chi connectivity index (χ0) is 22.3. The van der Waals surface area contributed by atoms with Gasteiger partial charge in [0.1, 0.15) is 11.7 Å². The zero-order valence-electron chi connectivity index (χ0n) is 19.9. The van der Waals surface area contributed by atoms with Crippen LogP contribution >= 0.6 is 0 Å². The second-order valence-corrected chi connectivity index (χ2v) is 11.3. The molecule has 2 aliphatic carbocycles. The van der Waals surface area contributed by atoms with E-state index < -0.39 is 5.60 Å². The summed E-state index contributed by atoms with van der Waals surface area (Å²) in [5.41, 5.74) is -0.519. The largest absolute Gasteiger partial charge is 0.462 e. The number of carbonyl (C=O) groups is 2. The van der Waals surface area contributed by atoms with E-state index in [-0.39, 0.29) is 48.0 Å². The molecule has 0 aromatic carbocycles. The lowest BCUT2D eigenvalue weighted by Gasteiger charge is -2.45. The first kappa shape index (κ1) is 22.5. The smallest absolute Gasteiger partial charge is 0.411 e. The Morgan fingerprint density at radius 1 is 1.06 bits per heavy atom. The van der Waals surface area contributed by atoms with Crippen molar-refractivity contribution in [2.75, 3.05) is 0 Å². The highest BCUT2D eigenvalue weighted by Gasteiger charge is 2.54. The molecule has 172 valence electrons. The number of amides is 1. The second-order valence-electron chi connectivity index (χ2n) is 11.3. The first-order valence-corrected chi connectivity index (χ1v) is 12.4. The zero-order valence-corrected chi connectivity index (χ0v) is 19.9. The van der Waals surface area contributed by atoms with Gasteiger partial charge in [-0.1, -0.05) is 31.1 Å². The van der Waals surface area contributed by atoms with Crippen molar-refractivity contribution >= 4 is 12.1 Å². The predicted molar refractivity (Wildman–Crippen MR) is 119 cm³/mol. The molecule has 0 N–H and O–H groups in total. The number of ether oxygens (including phenoxy) is 2. The average Bonchev–Trinajstić information content (AvgIpc) is 2.97. The van der Waals surface area contributed by atoms with Crippen LogP contribution in [0.3, 0.4) is 0 Å². The number of carbonyl (C=O) groups excluding carboxylic acids is 2. The van der Waals surface area contributed by atoms with E-state index in [1.165, 1.54) is 25.7 Å². The minimum atomic E-state index is -0.519. The van der Waals surface area contributed by atoms with E-state index in [4.69, 9.17) is 9.47 Å². The highest BCUT2D eigenvalue weighted by molar-refractivity contribution is 5.75. The summed E-state index contributed by atoms with van der Waals surface area (Å²) in [4.78, 5) is 27.3. The number of cyclic esters (lactones) is 1. The van der Waals surface area contributed by atoms with Crippen LogP contribution in [0.4, 0.5) is 4.79 Å². The second kappa shape index (κ2) is 8.68. The highest BCUT2D eigenvalue weighted by atomic mass is 16.6. The molecule has 0 aromatic rings. The molecule has 1 amide bonds. The van der Waals surface area contributed by atoms with Crippen LogP contribution in [-0.2, 0) is 14.3 Å². The van der Waals surface area contributed by atoms with Crippen LogP contribution in [0, 0.1) is 41.4 Å². The normalized spacial score (nSPS) is 40.2. The van der Waals surface area contributed by atoms with Gasteiger partial charge in [0.05, 0.1) is 12.0 Å². The first-order chi connectivity index (χ1) is 14.7. The van der Waals surface area contributed by atoms with Crippen LogP contribution in [0.5, 0.6) is 0 Å². The van der Waals surface area contributed by atoms with Crippen molar-refractivity contribution in [3.8, 4) is 11.8 Å². The van der Waals surface area contributed by atoms with Gasteiger partial charge in [0.25, 0.3) is 0 Å². The van der Waals surface area contributed by atoms with Gasteiger partial charge in [0.2, 0.25) is 0 Å². The first-order valence-electron chi connectivity index (χ1n) is 12.4. The van der Waals surface area contributed by atoms with Crippen molar-refractivity contribution < 1.29 is 19.1 Å². The molecule has 5 nitrogen and oxygen atoms in total. The summed E-state index contributed by atoms with van der Waals surface area (Å²) >= 11 is 0. The van der Waals surface area contributed by atoms with Gasteiger partial charge in [-0.05, 0) is 78.6 Å². The predicted octanol–water partition coefficient (Wildman–Crippen LogP) is 5.17. The highest BCUT2D eigenvalue weighted by Crippen LogP contribution is 2.52. The van der Waals surface area contributed by atoms with Crippen LogP contribution in [0.2, 0.25) is 0 Å². The molecular weight excluding hydrogens is 390 g/mol. The van der Waals surface area contributed by atoms with Gasteiger partial charge >= 0.3 is 12.1 Å². The maximum absolute atomic E-state index is 13.0. The quantitative estimate of drug-likeness (QED) is 0.394. The molecule has 0 bridgehead atoms.